The maximum absolute atomic E-state index is 4.50. The van der Waals surface area contributed by atoms with Crippen LogP contribution in [0.1, 0.15) is 37.6 Å². The van der Waals surface area contributed by atoms with Crippen LogP contribution in [0.3, 0.4) is 0 Å². The van der Waals surface area contributed by atoms with Crippen molar-refractivity contribution in [1.82, 2.24) is 15.1 Å². The van der Waals surface area contributed by atoms with Crippen LogP contribution in [-0.4, -0.2) is 22.4 Å². The highest BCUT2D eigenvalue weighted by atomic mass is 79.9. The van der Waals surface area contributed by atoms with E-state index in [1.54, 1.807) is 0 Å². The van der Waals surface area contributed by atoms with Crippen LogP contribution in [-0.2, 0) is 19.9 Å². The molecule has 0 atom stereocenters. The maximum atomic E-state index is 4.50. The van der Waals surface area contributed by atoms with Crippen LogP contribution >= 0.6 is 15.9 Å². The van der Waals surface area contributed by atoms with E-state index in [4.69, 9.17) is 0 Å². The number of hydrogen-bond acceptors (Lipinski definition) is 2. The van der Waals surface area contributed by atoms with Gasteiger partial charge in [-0.3, -0.25) is 4.68 Å². The van der Waals surface area contributed by atoms with E-state index in [0.29, 0.717) is 0 Å². The summed E-state index contributed by atoms with van der Waals surface area (Å²) < 4.78 is 3.23. The molecule has 0 radical (unpaired) electrons. The van der Waals surface area contributed by atoms with Crippen molar-refractivity contribution >= 4 is 15.9 Å². The van der Waals surface area contributed by atoms with Gasteiger partial charge in [-0.05, 0) is 54.6 Å². The summed E-state index contributed by atoms with van der Waals surface area (Å²) in [6, 6.07) is 0.821. The first kappa shape index (κ1) is 12.1. The molecule has 0 unspecified atom stereocenters. The van der Waals surface area contributed by atoms with Crippen molar-refractivity contribution in [1.29, 1.82) is 0 Å². The lowest BCUT2D eigenvalue weighted by atomic mass is 10.2. The van der Waals surface area contributed by atoms with Gasteiger partial charge in [-0.25, -0.2) is 0 Å². The second-order valence-electron chi connectivity index (χ2n) is 4.52. The second kappa shape index (κ2) is 5.32. The lowest BCUT2D eigenvalue weighted by Crippen LogP contribution is -2.18. The highest BCUT2D eigenvalue weighted by molar-refractivity contribution is 9.10. The monoisotopic (exact) mass is 285 g/mol. The average molecular weight is 286 g/mol. The standard InChI is InChI=1S/C12H20BrN3/c1-3-10-12(13)11(16(2)15-10)5-4-8-14-9-6-7-9/h9,14H,3-8H2,1-2H3. The Morgan fingerprint density at radius 2 is 2.25 bits per heavy atom. The van der Waals surface area contributed by atoms with Gasteiger partial charge in [0.25, 0.3) is 0 Å². The Morgan fingerprint density at radius 1 is 1.50 bits per heavy atom. The quantitative estimate of drug-likeness (QED) is 0.814. The normalized spacial score (nSPS) is 15.7. The van der Waals surface area contributed by atoms with Gasteiger partial charge >= 0.3 is 0 Å². The minimum absolute atomic E-state index is 0.821. The van der Waals surface area contributed by atoms with Gasteiger partial charge in [0.2, 0.25) is 0 Å². The first-order valence-electron chi connectivity index (χ1n) is 6.16. The molecule has 1 aromatic rings. The highest BCUT2D eigenvalue weighted by Gasteiger charge is 2.19. The number of nitrogens with zero attached hydrogens (tertiary/aromatic N) is 2. The van der Waals surface area contributed by atoms with Crippen molar-refractivity contribution < 1.29 is 0 Å². The Morgan fingerprint density at radius 3 is 2.81 bits per heavy atom. The molecule has 0 saturated heterocycles. The molecule has 1 aromatic heterocycles. The molecule has 0 aliphatic heterocycles. The van der Waals surface area contributed by atoms with E-state index >= 15 is 0 Å². The minimum atomic E-state index is 0.821. The predicted octanol–water partition coefficient (Wildman–Crippen LogP) is 2.43. The molecule has 0 amide bonds. The minimum Gasteiger partial charge on any atom is -0.314 e. The molecular weight excluding hydrogens is 266 g/mol. The second-order valence-corrected chi connectivity index (χ2v) is 5.31. The number of hydrogen-bond donors (Lipinski definition) is 1. The SMILES string of the molecule is CCc1nn(C)c(CCCNC2CC2)c1Br. The van der Waals surface area contributed by atoms with Crippen molar-refractivity contribution in [2.75, 3.05) is 6.54 Å². The van der Waals surface area contributed by atoms with E-state index in [0.717, 1.165) is 25.4 Å². The summed E-state index contributed by atoms with van der Waals surface area (Å²) in [6.07, 6.45) is 6.03. The third kappa shape index (κ3) is 2.86. The van der Waals surface area contributed by atoms with E-state index < -0.39 is 0 Å². The smallest absolute Gasteiger partial charge is 0.0766 e. The van der Waals surface area contributed by atoms with Gasteiger partial charge in [0, 0.05) is 13.1 Å². The Balaban J connectivity index is 1.84. The van der Waals surface area contributed by atoms with Crippen LogP contribution in [0.2, 0.25) is 0 Å². The zero-order chi connectivity index (χ0) is 11.5. The molecule has 2 rings (SSSR count). The van der Waals surface area contributed by atoms with Gasteiger partial charge in [0.05, 0.1) is 15.9 Å². The molecule has 0 aromatic carbocycles. The molecule has 1 heterocycles. The highest BCUT2D eigenvalue weighted by Crippen LogP contribution is 2.23. The van der Waals surface area contributed by atoms with E-state index in [9.17, 15) is 0 Å². The lowest BCUT2D eigenvalue weighted by molar-refractivity contribution is 0.618. The first-order chi connectivity index (χ1) is 7.72. The van der Waals surface area contributed by atoms with Crippen LogP contribution in [0.15, 0.2) is 4.47 Å². The average Bonchev–Trinajstić information content (AvgIpc) is 3.04. The zero-order valence-corrected chi connectivity index (χ0v) is 11.7. The summed E-state index contributed by atoms with van der Waals surface area (Å²) in [5, 5.41) is 8.05. The largest absolute Gasteiger partial charge is 0.314 e. The Kier molecular flexibility index (Phi) is 4.03. The molecule has 1 N–H and O–H groups in total. The number of aromatic nitrogens is 2. The van der Waals surface area contributed by atoms with Crippen molar-refractivity contribution in [2.24, 2.45) is 7.05 Å². The Hall–Kier alpha value is -0.350. The lowest BCUT2D eigenvalue weighted by Gasteiger charge is -2.04. The molecule has 1 saturated carbocycles. The third-order valence-corrected chi connectivity index (χ3v) is 4.02. The third-order valence-electron chi connectivity index (χ3n) is 3.10. The van der Waals surface area contributed by atoms with Crippen LogP contribution < -0.4 is 5.32 Å². The summed E-state index contributed by atoms with van der Waals surface area (Å²) >= 11 is 3.65. The van der Waals surface area contributed by atoms with Crippen LogP contribution in [0.4, 0.5) is 0 Å². The van der Waals surface area contributed by atoms with Gasteiger partial charge in [-0.2, -0.15) is 5.10 Å². The topological polar surface area (TPSA) is 29.9 Å². The fraction of sp³-hybridized carbons (Fsp3) is 0.750. The van der Waals surface area contributed by atoms with E-state index in [-0.39, 0.29) is 0 Å². The van der Waals surface area contributed by atoms with Crippen LogP contribution in [0.5, 0.6) is 0 Å². The summed E-state index contributed by atoms with van der Waals surface area (Å²) in [6.45, 7) is 3.27. The summed E-state index contributed by atoms with van der Waals surface area (Å²) in [4.78, 5) is 0. The van der Waals surface area contributed by atoms with Gasteiger partial charge < -0.3 is 5.32 Å². The molecule has 0 bridgehead atoms. The fourth-order valence-corrected chi connectivity index (χ4v) is 2.76. The summed E-state index contributed by atoms with van der Waals surface area (Å²) in [5.41, 5.74) is 2.50. The summed E-state index contributed by atoms with van der Waals surface area (Å²) in [7, 11) is 2.04. The number of rotatable bonds is 6. The van der Waals surface area contributed by atoms with Crippen molar-refractivity contribution in [3.05, 3.63) is 15.9 Å². The maximum Gasteiger partial charge on any atom is 0.0766 e. The van der Waals surface area contributed by atoms with Crippen molar-refractivity contribution in [3.63, 3.8) is 0 Å². The van der Waals surface area contributed by atoms with Crippen LogP contribution in [0.25, 0.3) is 0 Å². The number of halogens is 1. The van der Waals surface area contributed by atoms with E-state index in [2.05, 4.69) is 33.3 Å². The molecule has 3 nitrogen and oxygen atoms in total. The molecule has 16 heavy (non-hydrogen) atoms. The van der Waals surface area contributed by atoms with E-state index in [1.807, 2.05) is 11.7 Å². The fourth-order valence-electron chi connectivity index (χ4n) is 1.94. The van der Waals surface area contributed by atoms with Crippen molar-refractivity contribution in [3.8, 4) is 0 Å². The van der Waals surface area contributed by atoms with Gasteiger partial charge in [0.1, 0.15) is 0 Å². The zero-order valence-electron chi connectivity index (χ0n) is 10.1. The van der Waals surface area contributed by atoms with Gasteiger partial charge in [-0.15, -0.1) is 0 Å². The number of aryl methyl sites for hydroxylation is 2. The molecule has 4 heteroatoms. The molecule has 90 valence electrons. The van der Waals surface area contributed by atoms with Crippen LogP contribution in [0, 0.1) is 0 Å². The molecule has 1 aliphatic rings. The van der Waals surface area contributed by atoms with Gasteiger partial charge in [-0.1, -0.05) is 6.92 Å². The summed E-state index contributed by atoms with van der Waals surface area (Å²) in [5.74, 6) is 0. The van der Waals surface area contributed by atoms with Gasteiger partial charge in [0.15, 0.2) is 0 Å². The first-order valence-corrected chi connectivity index (χ1v) is 6.95. The Bertz CT molecular complexity index is 355. The molecule has 0 spiro atoms. The predicted molar refractivity (Wildman–Crippen MR) is 69.6 cm³/mol. The molecular formula is C12H20BrN3. The van der Waals surface area contributed by atoms with E-state index in [1.165, 1.54) is 35.1 Å². The molecule has 1 aliphatic carbocycles. The van der Waals surface area contributed by atoms with Crippen molar-refractivity contribution in [2.45, 2.75) is 45.1 Å². The Labute approximate surface area is 106 Å². The number of nitrogens with one attached hydrogen (secondary N) is 1. The molecule has 1 fully saturated rings.